The van der Waals surface area contributed by atoms with Crippen molar-refractivity contribution in [3.63, 3.8) is 0 Å². The van der Waals surface area contributed by atoms with Gasteiger partial charge < -0.3 is 24.0 Å². The van der Waals surface area contributed by atoms with Crippen LogP contribution in [0, 0.1) is 0 Å². The number of carboxylic acids is 1. The Bertz CT molecular complexity index is 1030. The average Bonchev–Trinajstić information content (AvgIpc) is 3.34. The lowest BCUT2D eigenvalue weighted by Gasteiger charge is -2.20. The van der Waals surface area contributed by atoms with E-state index < -0.39 is 5.97 Å². The van der Waals surface area contributed by atoms with Gasteiger partial charge in [0.1, 0.15) is 17.2 Å². The molecule has 0 spiro atoms. The third kappa shape index (κ3) is 4.14. The fraction of sp³-hybridized carbons (Fsp3) is 0.375. The van der Waals surface area contributed by atoms with E-state index in [0.29, 0.717) is 18.4 Å². The zero-order valence-corrected chi connectivity index (χ0v) is 17.5. The minimum Gasteiger partial charge on any atom is -0.497 e. The first kappa shape index (κ1) is 20.3. The molecule has 30 heavy (non-hydrogen) atoms. The second-order valence-corrected chi connectivity index (χ2v) is 7.82. The number of ether oxygens (including phenoxy) is 2. The van der Waals surface area contributed by atoms with Crippen molar-refractivity contribution in [2.75, 3.05) is 26.8 Å². The van der Waals surface area contributed by atoms with Crippen LogP contribution in [0.1, 0.15) is 36.7 Å². The maximum absolute atomic E-state index is 11.8. The highest BCUT2D eigenvalue weighted by Gasteiger charge is 2.19. The van der Waals surface area contributed by atoms with Crippen LogP contribution >= 0.6 is 0 Å². The molecule has 1 aliphatic heterocycles. The molecule has 1 saturated heterocycles. The third-order valence-corrected chi connectivity index (χ3v) is 5.87. The lowest BCUT2D eigenvalue weighted by atomic mass is 10.2. The van der Waals surface area contributed by atoms with E-state index in [1.54, 1.807) is 17.7 Å². The Morgan fingerprint density at radius 2 is 1.90 bits per heavy atom. The number of aromatic nitrogens is 1. The van der Waals surface area contributed by atoms with Gasteiger partial charge in [-0.25, -0.2) is 4.79 Å². The van der Waals surface area contributed by atoms with Gasteiger partial charge in [-0.1, -0.05) is 0 Å². The van der Waals surface area contributed by atoms with Crippen LogP contribution < -0.4 is 9.47 Å². The number of hydrogen-bond acceptors (Lipinski definition) is 4. The van der Waals surface area contributed by atoms with Gasteiger partial charge in [-0.2, -0.15) is 0 Å². The molecule has 158 valence electrons. The Hall–Kier alpha value is -2.99. The van der Waals surface area contributed by atoms with Gasteiger partial charge in [0.15, 0.2) is 0 Å². The molecular formula is C24H28N2O4. The predicted molar refractivity (Wildman–Crippen MR) is 117 cm³/mol. The largest absolute Gasteiger partial charge is 0.497 e. The van der Waals surface area contributed by atoms with Crippen LogP contribution in [0.5, 0.6) is 11.5 Å². The first-order chi connectivity index (χ1) is 14.6. The van der Waals surface area contributed by atoms with Gasteiger partial charge in [0.2, 0.25) is 0 Å². The first-order valence-electron chi connectivity index (χ1n) is 10.5. The van der Waals surface area contributed by atoms with Crippen LogP contribution in [0.15, 0.2) is 48.5 Å². The molecule has 1 aliphatic rings. The van der Waals surface area contributed by atoms with Crippen LogP contribution in [0.3, 0.4) is 0 Å². The predicted octanol–water partition coefficient (Wildman–Crippen LogP) is 4.59. The summed E-state index contributed by atoms with van der Waals surface area (Å²) in [6.45, 7) is 5.23. The molecule has 1 fully saturated rings. The van der Waals surface area contributed by atoms with Gasteiger partial charge in [0.25, 0.3) is 0 Å². The number of rotatable bonds is 8. The average molecular weight is 408 g/mol. The second kappa shape index (κ2) is 8.79. The fourth-order valence-electron chi connectivity index (χ4n) is 4.23. The molecule has 0 radical (unpaired) electrons. The standard InChI is InChI=1S/C24H28N2O4/c1-17-5-3-12-25(17)13-4-14-30-20-8-6-19(7-9-20)26-22-11-10-21(29-2)15-18(22)16-23(26)24(27)28/h6-11,15-17H,3-5,12-14H2,1-2H3,(H,27,28)/t17-/m1/s1. The minimum atomic E-state index is -0.971. The van der Waals surface area contributed by atoms with Gasteiger partial charge in [-0.05, 0) is 81.3 Å². The molecule has 0 saturated carbocycles. The van der Waals surface area contributed by atoms with Crippen LogP contribution in [0.25, 0.3) is 16.6 Å². The van der Waals surface area contributed by atoms with E-state index in [1.165, 1.54) is 19.4 Å². The van der Waals surface area contributed by atoms with Gasteiger partial charge in [-0.15, -0.1) is 0 Å². The number of fused-ring (bicyclic) bond motifs is 1. The molecule has 0 unspecified atom stereocenters. The monoisotopic (exact) mass is 408 g/mol. The fourth-order valence-corrected chi connectivity index (χ4v) is 4.23. The number of likely N-dealkylation sites (tertiary alicyclic amines) is 1. The number of carbonyl (C=O) groups is 1. The molecule has 4 rings (SSSR count). The van der Waals surface area contributed by atoms with Crippen LogP contribution in [-0.4, -0.2) is 53.4 Å². The molecule has 2 aromatic carbocycles. The zero-order valence-electron chi connectivity index (χ0n) is 17.5. The van der Waals surface area contributed by atoms with Gasteiger partial charge in [-0.3, -0.25) is 0 Å². The Labute approximate surface area is 176 Å². The number of hydrogen-bond donors (Lipinski definition) is 1. The Morgan fingerprint density at radius 1 is 1.13 bits per heavy atom. The van der Waals surface area contributed by atoms with E-state index in [4.69, 9.17) is 9.47 Å². The van der Waals surface area contributed by atoms with Crippen LogP contribution in [0.4, 0.5) is 0 Å². The van der Waals surface area contributed by atoms with Crippen molar-refractivity contribution in [2.45, 2.75) is 32.2 Å². The number of methoxy groups -OCH3 is 1. The molecular weight excluding hydrogens is 380 g/mol. The molecule has 1 aromatic heterocycles. The smallest absolute Gasteiger partial charge is 0.352 e. The topological polar surface area (TPSA) is 63.9 Å². The highest BCUT2D eigenvalue weighted by molar-refractivity contribution is 5.96. The van der Waals surface area contributed by atoms with Crippen LogP contribution in [0.2, 0.25) is 0 Å². The number of carboxylic acid groups (broad SMARTS) is 1. The highest BCUT2D eigenvalue weighted by Crippen LogP contribution is 2.29. The summed E-state index contributed by atoms with van der Waals surface area (Å²) in [6, 6.07) is 15.5. The minimum absolute atomic E-state index is 0.214. The maximum atomic E-state index is 11.8. The van der Waals surface area contributed by atoms with Gasteiger partial charge in [0.05, 0.1) is 19.2 Å². The molecule has 0 bridgehead atoms. The second-order valence-electron chi connectivity index (χ2n) is 7.82. The molecule has 1 N–H and O–H groups in total. The highest BCUT2D eigenvalue weighted by atomic mass is 16.5. The van der Waals surface area contributed by atoms with Crippen molar-refractivity contribution in [2.24, 2.45) is 0 Å². The van der Waals surface area contributed by atoms with Crippen molar-refractivity contribution in [1.82, 2.24) is 9.47 Å². The summed E-state index contributed by atoms with van der Waals surface area (Å²) in [5.41, 5.74) is 1.82. The summed E-state index contributed by atoms with van der Waals surface area (Å²) in [5.74, 6) is 0.522. The van der Waals surface area contributed by atoms with E-state index >= 15 is 0 Å². The summed E-state index contributed by atoms with van der Waals surface area (Å²) in [5, 5.41) is 10.5. The lowest BCUT2D eigenvalue weighted by molar-refractivity contribution is 0.0688. The summed E-state index contributed by atoms with van der Waals surface area (Å²) >= 11 is 0. The summed E-state index contributed by atoms with van der Waals surface area (Å²) < 4.78 is 12.9. The van der Waals surface area contributed by atoms with E-state index in [1.807, 2.05) is 42.5 Å². The summed E-state index contributed by atoms with van der Waals surface area (Å²) in [4.78, 5) is 14.3. The maximum Gasteiger partial charge on any atom is 0.352 e. The molecule has 6 nitrogen and oxygen atoms in total. The molecule has 0 amide bonds. The molecule has 0 aliphatic carbocycles. The molecule has 2 heterocycles. The van der Waals surface area contributed by atoms with E-state index in [0.717, 1.165) is 35.3 Å². The Morgan fingerprint density at radius 3 is 2.57 bits per heavy atom. The SMILES string of the molecule is COc1ccc2c(c1)cc(C(=O)O)n2-c1ccc(OCCCN2CCC[C@H]2C)cc1. The van der Waals surface area contributed by atoms with E-state index in [-0.39, 0.29) is 5.69 Å². The Kier molecular flexibility index (Phi) is 5.95. The van der Waals surface area contributed by atoms with Crippen molar-refractivity contribution in [3.8, 4) is 17.2 Å². The quantitative estimate of drug-likeness (QED) is 0.552. The number of aromatic carboxylic acids is 1. The lowest BCUT2D eigenvalue weighted by Crippen LogP contribution is -2.28. The van der Waals surface area contributed by atoms with E-state index in [9.17, 15) is 9.90 Å². The third-order valence-electron chi connectivity index (χ3n) is 5.87. The summed E-state index contributed by atoms with van der Waals surface area (Å²) in [7, 11) is 1.60. The van der Waals surface area contributed by atoms with Crippen molar-refractivity contribution >= 4 is 16.9 Å². The number of benzene rings is 2. The molecule has 6 heteroatoms. The van der Waals surface area contributed by atoms with Gasteiger partial charge >= 0.3 is 5.97 Å². The van der Waals surface area contributed by atoms with Crippen LogP contribution in [-0.2, 0) is 0 Å². The van der Waals surface area contributed by atoms with E-state index in [2.05, 4.69) is 11.8 Å². The van der Waals surface area contributed by atoms with Crippen molar-refractivity contribution in [3.05, 3.63) is 54.2 Å². The van der Waals surface area contributed by atoms with Crippen molar-refractivity contribution in [1.29, 1.82) is 0 Å². The van der Waals surface area contributed by atoms with Gasteiger partial charge in [0, 0.05) is 23.7 Å². The summed E-state index contributed by atoms with van der Waals surface area (Å²) in [6.07, 6.45) is 3.59. The first-order valence-corrected chi connectivity index (χ1v) is 10.5. The molecule has 1 atom stereocenters. The number of nitrogens with zero attached hydrogens (tertiary/aromatic N) is 2. The Balaban J connectivity index is 1.47. The normalized spacial score (nSPS) is 16.8. The van der Waals surface area contributed by atoms with Crippen molar-refractivity contribution < 1.29 is 19.4 Å². The zero-order chi connectivity index (χ0) is 21.1. The molecule has 3 aromatic rings.